The highest BCUT2D eigenvalue weighted by Gasteiger charge is 2.24. The van der Waals surface area contributed by atoms with Crippen LogP contribution in [0.2, 0.25) is 0 Å². The topological polar surface area (TPSA) is 41.6 Å². The van der Waals surface area contributed by atoms with E-state index in [-0.39, 0.29) is 5.91 Å². The Morgan fingerprint density at radius 1 is 1.12 bits per heavy atom. The van der Waals surface area contributed by atoms with Gasteiger partial charge in [0.05, 0.1) is 13.2 Å². The first-order valence-corrected chi connectivity index (χ1v) is 8.74. The number of fused-ring (bicyclic) bond motifs is 1. The third kappa shape index (κ3) is 3.77. The van der Waals surface area contributed by atoms with E-state index in [1.165, 1.54) is 0 Å². The van der Waals surface area contributed by atoms with Crippen LogP contribution < -0.4 is 5.32 Å². The fraction of sp³-hybridized carbons (Fsp3) is 0.450. The first-order valence-electron chi connectivity index (χ1n) is 8.74. The molecule has 0 bridgehead atoms. The van der Waals surface area contributed by atoms with Crippen LogP contribution >= 0.6 is 0 Å². The van der Waals surface area contributed by atoms with Gasteiger partial charge in [0.2, 0.25) is 0 Å². The molecule has 1 unspecified atom stereocenters. The lowest BCUT2D eigenvalue weighted by atomic mass is 10.0. The molecule has 4 heteroatoms. The van der Waals surface area contributed by atoms with Gasteiger partial charge in [0.25, 0.3) is 5.91 Å². The van der Waals surface area contributed by atoms with E-state index in [2.05, 4.69) is 24.1 Å². The molecule has 1 fully saturated rings. The average Bonchev–Trinajstić information content (AvgIpc) is 2.62. The van der Waals surface area contributed by atoms with Gasteiger partial charge in [-0.3, -0.25) is 9.69 Å². The maximum atomic E-state index is 12.7. The summed E-state index contributed by atoms with van der Waals surface area (Å²) < 4.78 is 5.44. The van der Waals surface area contributed by atoms with Crippen LogP contribution in [-0.2, 0) is 4.74 Å². The quantitative estimate of drug-likeness (QED) is 0.918. The summed E-state index contributed by atoms with van der Waals surface area (Å²) in [6.45, 7) is 8.52. The van der Waals surface area contributed by atoms with Crippen LogP contribution in [0.25, 0.3) is 10.8 Å². The number of morpholine rings is 1. The lowest BCUT2D eigenvalue weighted by molar-refractivity contribution is 0.00673. The summed E-state index contributed by atoms with van der Waals surface area (Å²) in [5, 5.41) is 5.25. The highest BCUT2D eigenvalue weighted by atomic mass is 16.5. The summed E-state index contributed by atoms with van der Waals surface area (Å²) in [5.41, 5.74) is 0.748. The SMILES string of the molecule is CC(C)C(CNC(=O)c1cccc2ccccc12)N1CCOCC1. The van der Waals surface area contributed by atoms with E-state index >= 15 is 0 Å². The number of nitrogens with one attached hydrogen (secondary N) is 1. The van der Waals surface area contributed by atoms with Gasteiger partial charge in [0.1, 0.15) is 0 Å². The van der Waals surface area contributed by atoms with Crippen molar-refractivity contribution in [3.05, 3.63) is 48.0 Å². The number of rotatable bonds is 5. The molecule has 1 heterocycles. The molecule has 24 heavy (non-hydrogen) atoms. The Hall–Kier alpha value is -1.91. The van der Waals surface area contributed by atoms with E-state index in [9.17, 15) is 4.79 Å². The highest BCUT2D eigenvalue weighted by Crippen LogP contribution is 2.19. The van der Waals surface area contributed by atoms with Crippen molar-refractivity contribution in [1.82, 2.24) is 10.2 Å². The van der Waals surface area contributed by atoms with Crippen LogP contribution in [0.4, 0.5) is 0 Å². The van der Waals surface area contributed by atoms with Gasteiger partial charge < -0.3 is 10.1 Å². The van der Waals surface area contributed by atoms with Crippen molar-refractivity contribution in [3.8, 4) is 0 Å². The van der Waals surface area contributed by atoms with Crippen molar-refractivity contribution in [1.29, 1.82) is 0 Å². The average molecular weight is 326 g/mol. The monoisotopic (exact) mass is 326 g/mol. The molecule has 1 amide bonds. The number of carbonyl (C=O) groups excluding carboxylic acids is 1. The van der Waals surface area contributed by atoms with Crippen molar-refractivity contribution in [2.24, 2.45) is 5.92 Å². The van der Waals surface area contributed by atoms with Crippen LogP contribution in [0.3, 0.4) is 0 Å². The molecular weight excluding hydrogens is 300 g/mol. The Kier molecular flexibility index (Phi) is 5.48. The Bertz CT molecular complexity index is 688. The van der Waals surface area contributed by atoms with E-state index in [0.29, 0.717) is 18.5 Å². The molecule has 0 aromatic heterocycles. The minimum absolute atomic E-state index is 0.00529. The summed E-state index contributed by atoms with van der Waals surface area (Å²) in [6, 6.07) is 14.2. The molecule has 1 aliphatic rings. The first kappa shape index (κ1) is 16.9. The second-order valence-corrected chi connectivity index (χ2v) is 6.70. The van der Waals surface area contributed by atoms with Gasteiger partial charge in [-0.25, -0.2) is 0 Å². The zero-order valence-corrected chi connectivity index (χ0v) is 14.5. The van der Waals surface area contributed by atoms with Crippen LogP contribution in [-0.4, -0.2) is 49.7 Å². The molecule has 1 aliphatic heterocycles. The van der Waals surface area contributed by atoms with Gasteiger partial charge in [-0.05, 0) is 22.8 Å². The van der Waals surface area contributed by atoms with Crippen LogP contribution in [0.5, 0.6) is 0 Å². The van der Waals surface area contributed by atoms with E-state index in [0.717, 1.165) is 42.6 Å². The zero-order valence-electron chi connectivity index (χ0n) is 14.5. The van der Waals surface area contributed by atoms with E-state index in [4.69, 9.17) is 4.74 Å². The summed E-state index contributed by atoms with van der Waals surface area (Å²) >= 11 is 0. The lowest BCUT2D eigenvalue weighted by Gasteiger charge is -2.36. The number of nitrogens with zero attached hydrogens (tertiary/aromatic N) is 1. The standard InChI is InChI=1S/C20H26N2O2/c1-15(2)19(22-10-12-24-13-11-22)14-21-20(23)18-9-5-7-16-6-3-4-8-17(16)18/h3-9,15,19H,10-14H2,1-2H3,(H,21,23). The van der Waals surface area contributed by atoms with Crippen LogP contribution in [0.15, 0.2) is 42.5 Å². The largest absolute Gasteiger partial charge is 0.379 e. The molecule has 0 spiro atoms. The van der Waals surface area contributed by atoms with Crippen molar-refractivity contribution in [3.63, 3.8) is 0 Å². The molecule has 4 nitrogen and oxygen atoms in total. The molecule has 128 valence electrons. The normalized spacial score (nSPS) is 17.1. The molecule has 2 aromatic carbocycles. The van der Waals surface area contributed by atoms with Gasteiger partial charge in [0.15, 0.2) is 0 Å². The Balaban J connectivity index is 1.71. The Morgan fingerprint density at radius 3 is 2.58 bits per heavy atom. The summed E-state index contributed by atoms with van der Waals surface area (Å²) in [4.78, 5) is 15.1. The number of amides is 1. The molecule has 1 saturated heterocycles. The van der Waals surface area contributed by atoms with Crippen molar-refractivity contribution in [2.45, 2.75) is 19.9 Å². The first-order chi connectivity index (χ1) is 11.7. The third-order valence-corrected chi connectivity index (χ3v) is 4.79. The molecule has 1 atom stereocenters. The van der Waals surface area contributed by atoms with E-state index in [1.807, 2.05) is 42.5 Å². The van der Waals surface area contributed by atoms with Gasteiger partial charge in [-0.15, -0.1) is 0 Å². The predicted octanol–water partition coefficient (Wildman–Crippen LogP) is 2.93. The number of hydrogen-bond donors (Lipinski definition) is 1. The molecule has 2 aromatic rings. The molecule has 0 saturated carbocycles. The fourth-order valence-corrected chi connectivity index (χ4v) is 3.41. The molecule has 1 N–H and O–H groups in total. The number of benzene rings is 2. The molecule has 0 radical (unpaired) electrons. The maximum Gasteiger partial charge on any atom is 0.251 e. The number of hydrogen-bond acceptors (Lipinski definition) is 3. The van der Waals surface area contributed by atoms with Crippen molar-refractivity contribution >= 4 is 16.7 Å². The summed E-state index contributed by atoms with van der Waals surface area (Å²) in [7, 11) is 0. The molecule has 0 aliphatic carbocycles. The van der Waals surface area contributed by atoms with E-state index < -0.39 is 0 Å². The Morgan fingerprint density at radius 2 is 1.83 bits per heavy atom. The zero-order chi connectivity index (χ0) is 16.9. The van der Waals surface area contributed by atoms with Crippen molar-refractivity contribution in [2.75, 3.05) is 32.8 Å². The predicted molar refractivity (Wildman–Crippen MR) is 97.3 cm³/mol. The summed E-state index contributed by atoms with van der Waals surface area (Å²) in [5.74, 6) is 0.488. The minimum atomic E-state index is 0.00529. The Labute approximate surface area is 143 Å². The molecular formula is C20H26N2O2. The number of ether oxygens (including phenoxy) is 1. The smallest absolute Gasteiger partial charge is 0.251 e. The second-order valence-electron chi connectivity index (χ2n) is 6.70. The van der Waals surface area contributed by atoms with Gasteiger partial charge in [-0.1, -0.05) is 50.2 Å². The van der Waals surface area contributed by atoms with Crippen molar-refractivity contribution < 1.29 is 9.53 Å². The van der Waals surface area contributed by atoms with Gasteiger partial charge in [0, 0.05) is 31.2 Å². The minimum Gasteiger partial charge on any atom is -0.379 e. The summed E-state index contributed by atoms with van der Waals surface area (Å²) in [6.07, 6.45) is 0. The number of carbonyl (C=O) groups is 1. The fourth-order valence-electron chi connectivity index (χ4n) is 3.41. The van der Waals surface area contributed by atoms with Gasteiger partial charge >= 0.3 is 0 Å². The highest BCUT2D eigenvalue weighted by molar-refractivity contribution is 6.07. The maximum absolute atomic E-state index is 12.7. The lowest BCUT2D eigenvalue weighted by Crippen LogP contribution is -2.51. The second kappa shape index (κ2) is 7.77. The van der Waals surface area contributed by atoms with Crippen LogP contribution in [0, 0.1) is 5.92 Å². The molecule has 3 rings (SSSR count). The van der Waals surface area contributed by atoms with E-state index in [1.54, 1.807) is 0 Å². The van der Waals surface area contributed by atoms with Gasteiger partial charge in [-0.2, -0.15) is 0 Å². The van der Waals surface area contributed by atoms with Crippen LogP contribution in [0.1, 0.15) is 24.2 Å². The third-order valence-electron chi connectivity index (χ3n) is 4.79.